The van der Waals surface area contributed by atoms with Crippen LogP contribution in [0.5, 0.6) is 0 Å². The fourth-order valence-corrected chi connectivity index (χ4v) is 3.20. The maximum Gasteiger partial charge on any atom is 0.110 e. The van der Waals surface area contributed by atoms with E-state index < -0.39 is 0 Å². The van der Waals surface area contributed by atoms with E-state index in [0.29, 0.717) is 12.1 Å². The maximum absolute atomic E-state index is 5.34. The van der Waals surface area contributed by atoms with Crippen LogP contribution in [0.25, 0.3) is 0 Å². The third-order valence-corrected chi connectivity index (χ3v) is 4.54. The van der Waals surface area contributed by atoms with E-state index in [9.17, 15) is 0 Å². The lowest BCUT2D eigenvalue weighted by Gasteiger charge is -2.32. The standard InChI is InChI=1S/C14H21N3S/c1-4-7-17-8-5-13(6-9-17)16-12(3)14-15-11(2)10-18-14/h1,10,12-13,16H,5-9H2,2-3H3. The molecule has 1 aromatic rings. The zero-order valence-corrected chi connectivity index (χ0v) is 12.0. The molecular formula is C14H21N3S. The highest BCUT2D eigenvalue weighted by Crippen LogP contribution is 2.20. The van der Waals surface area contributed by atoms with Crippen molar-refractivity contribution in [3.05, 3.63) is 16.1 Å². The topological polar surface area (TPSA) is 28.2 Å². The van der Waals surface area contributed by atoms with Gasteiger partial charge in [-0.3, -0.25) is 4.90 Å². The Kier molecular flexibility index (Phi) is 4.76. The number of piperidine rings is 1. The average molecular weight is 263 g/mol. The number of terminal acetylenes is 1. The van der Waals surface area contributed by atoms with Crippen LogP contribution in [0.3, 0.4) is 0 Å². The molecule has 1 saturated heterocycles. The smallest absolute Gasteiger partial charge is 0.110 e. The van der Waals surface area contributed by atoms with Gasteiger partial charge >= 0.3 is 0 Å². The van der Waals surface area contributed by atoms with Gasteiger partial charge in [-0.2, -0.15) is 0 Å². The van der Waals surface area contributed by atoms with Crippen LogP contribution in [0.4, 0.5) is 0 Å². The number of likely N-dealkylation sites (tertiary alicyclic amines) is 1. The minimum atomic E-state index is 0.355. The summed E-state index contributed by atoms with van der Waals surface area (Å²) >= 11 is 1.74. The third kappa shape index (κ3) is 3.55. The molecule has 0 aliphatic carbocycles. The summed E-state index contributed by atoms with van der Waals surface area (Å²) in [5, 5.41) is 6.99. The molecule has 0 amide bonds. The number of rotatable bonds is 4. The summed E-state index contributed by atoms with van der Waals surface area (Å²) in [6.07, 6.45) is 7.69. The molecule has 2 rings (SSSR count). The van der Waals surface area contributed by atoms with Gasteiger partial charge in [-0.05, 0) is 26.7 Å². The normalized spacial score (nSPS) is 19.6. The van der Waals surface area contributed by atoms with Gasteiger partial charge in [-0.15, -0.1) is 17.8 Å². The van der Waals surface area contributed by atoms with Gasteiger partial charge in [0.2, 0.25) is 0 Å². The summed E-state index contributed by atoms with van der Waals surface area (Å²) in [4.78, 5) is 6.88. The van der Waals surface area contributed by atoms with Crippen molar-refractivity contribution in [2.45, 2.75) is 38.8 Å². The molecule has 0 radical (unpaired) electrons. The molecule has 0 aromatic carbocycles. The van der Waals surface area contributed by atoms with Crippen LogP contribution in [0.1, 0.15) is 36.5 Å². The first-order chi connectivity index (χ1) is 8.69. The number of thiazole rings is 1. The number of aromatic nitrogens is 1. The lowest BCUT2D eigenvalue weighted by molar-refractivity contribution is 0.211. The van der Waals surface area contributed by atoms with Crippen molar-refractivity contribution in [3.8, 4) is 12.3 Å². The Morgan fingerprint density at radius 2 is 2.33 bits per heavy atom. The molecule has 18 heavy (non-hydrogen) atoms. The van der Waals surface area contributed by atoms with Gasteiger partial charge in [0.1, 0.15) is 5.01 Å². The minimum Gasteiger partial charge on any atom is -0.305 e. The molecule has 1 aromatic heterocycles. The summed E-state index contributed by atoms with van der Waals surface area (Å²) < 4.78 is 0. The zero-order valence-electron chi connectivity index (χ0n) is 11.1. The van der Waals surface area contributed by atoms with Crippen LogP contribution in [-0.4, -0.2) is 35.6 Å². The Labute approximate surface area is 114 Å². The fourth-order valence-electron chi connectivity index (χ4n) is 2.38. The Morgan fingerprint density at radius 3 is 2.89 bits per heavy atom. The van der Waals surface area contributed by atoms with Crippen LogP contribution < -0.4 is 5.32 Å². The molecule has 3 nitrogen and oxygen atoms in total. The number of hydrogen-bond acceptors (Lipinski definition) is 4. The zero-order chi connectivity index (χ0) is 13.0. The maximum atomic E-state index is 5.34. The van der Waals surface area contributed by atoms with Crippen molar-refractivity contribution < 1.29 is 0 Å². The first kappa shape index (κ1) is 13.5. The van der Waals surface area contributed by atoms with E-state index in [2.05, 4.69) is 33.4 Å². The third-order valence-electron chi connectivity index (χ3n) is 3.40. The molecular weight excluding hydrogens is 242 g/mol. The second-order valence-corrected chi connectivity index (χ2v) is 5.86. The number of hydrogen-bond donors (Lipinski definition) is 1. The van der Waals surface area contributed by atoms with E-state index in [1.165, 1.54) is 17.8 Å². The Morgan fingerprint density at radius 1 is 1.61 bits per heavy atom. The lowest BCUT2D eigenvalue weighted by Crippen LogP contribution is -2.43. The van der Waals surface area contributed by atoms with Crippen molar-refractivity contribution in [3.63, 3.8) is 0 Å². The highest BCUT2D eigenvalue weighted by atomic mass is 32.1. The van der Waals surface area contributed by atoms with Crippen LogP contribution in [0, 0.1) is 19.3 Å². The van der Waals surface area contributed by atoms with Crippen LogP contribution in [0.2, 0.25) is 0 Å². The SMILES string of the molecule is C#CCN1CCC(NC(C)c2nc(C)cs2)CC1. The first-order valence-corrected chi connectivity index (χ1v) is 7.41. The fraction of sp³-hybridized carbons (Fsp3) is 0.643. The molecule has 0 spiro atoms. The predicted octanol–water partition coefficient (Wildman–Crippen LogP) is 2.20. The summed E-state index contributed by atoms with van der Waals surface area (Å²) in [7, 11) is 0. The lowest BCUT2D eigenvalue weighted by atomic mass is 10.0. The molecule has 0 saturated carbocycles. The molecule has 1 unspecified atom stereocenters. The second kappa shape index (κ2) is 6.33. The van der Waals surface area contributed by atoms with Gasteiger partial charge < -0.3 is 5.32 Å². The summed E-state index contributed by atoms with van der Waals surface area (Å²) in [5.41, 5.74) is 1.12. The van der Waals surface area contributed by atoms with Gasteiger partial charge in [0.25, 0.3) is 0 Å². The van der Waals surface area contributed by atoms with Crippen molar-refractivity contribution in [1.29, 1.82) is 0 Å². The molecule has 4 heteroatoms. The predicted molar refractivity (Wildman–Crippen MR) is 76.7 cm³/mol. The van der Waals surface area contributed by atoms with Gasteiger partial charge in [0, 0.05) is 30.2 Å². The van der Waals surface area contributed by atoms with E-state index in [1.807, 2.05) is 6.92 Å². The summed E-state index contributed by atoms with van der Waals surface area (Å²) in [6.45, 7) is 7.24. The number of nitrogens with zero attached hydrogens (tertiary/aromatic N) is 2. The van der Waals surface area contributed by atoms with E-state index in [4.69, 9.17) is 6.42 Å². The van der Waals surface area contributed by atoms with Crippen LogP contribution in [-0.2, 0) is 0 Å². The van der Waals surface area contributed by atoms with Crippen molar-refractivity contribution >= 4 is 11.3 Å². The first-order valence-electron chi connectivity index (χ1n) is 6.53. The minimum absolute atomic E-state index is 0.355. The number of nitrogens with one attached hydrogen (secondary N) is 1. The second-order valence-electron chi connectivity index (χ2n) is 4.97. The van der Waals surface area contributed by atoms with Crippen molar-refractivity contribution in [2.24, 2.45) is 0 Å². The monoisotopic (exact) mass is 263 g/mol. The molecule has 1 aliphatic rings. The Hall–Kier alpha value is -0.890. The Bertz CT molecular complexity index is 413. The van der Waals surface area contributed by atoms with Gasteiger partial charge in [0.05, 0.1) is 12.6 Å². The quantitative estimate of drug-likeness (QED) is 0.844. The van der Waals surface area contributed by atoms with Gasteiger partial charge in [0.15, 0.2) is 0 Å². The largest absolute Gasteiger partial charge is 0.305 e. The van der Waals surface area contributed by atoms with E-state index in [0.717, 1.165) is 25.3 Å². The van der Waals surface area contributed by atoms with Crippen LogP contribution in [0.15, 0.2) is 5.38 Å². The molecule has 1 N–H and O–H groups in total. The molecule has 1 fully saturated rings. The van der Waals surface area contributed by atoms with Crippen molar-refractivity contribution in [1.82, 2.24) is 15.2 Å². The molecule has 2 heterocycles. The average Bonchev–Trinajstić information content (AvgIpc) is 2.79. The molecule has 1 aliphatic heterocycles. The molecule has 98 valence electrons. The van der Waals surface area contributed by atoms with Crippen LogP contribution >= 0.6 is 11.3 Å². The summed E-state index contributed by atoms with van der Waals surface area (Å²) in [6, 6.07) is 0.950. The Balaban J connectivity index is 1.79. The van der Waals surface area contributed by atoms with E-state index in [1.54, 1.807) is 11.3 Å². The highest BCUT2D eigenvalue weighted by Gasteiger charge is 2.21. The van der Waals surface area contributed by atoms with Gasteiger partial charge in [-0.25, -0.2) is 4.98 Å². The summed E-state index contributed by atoms with van der Waals surface area (Å²) in [5.74, 6) is 2.72. The number of aryl methyl sites for hydroxylation is 1. The highest BCUT2D eigenvalue weighted by molar-refractivity contribution is 7.09. The van der Waals surface area contributed by atoms with Gasteiger partial charge in [-0.1, -0.05) is 5.92 Å². The van der Waals surface area contributed by atoms with E-state index in [-0.39, 0.29) is 0 Å². The molecule has 1 atom stereocenters. The molecule has 0 bridgehead atoms. The van der Waals surface area contributed by atoms with Crippen molar-refractivity contribution in [2.75, 3.05) is 19.6 Å². The van der Waals surface area contributed by atoms with E-state index >= 15 is 0 Å².